The molecule has 1 aromatic heterocycles. The van der Waals surface area contributed by atoms with E-state index in [0.717, 1.165) is 38.2 Å². The van der Waals surface area contributed by atoms with Crippen LogP contribution in [-0.2, 0) is 11.3 Å². The molecule has 0 unspecified atom stereocenters. The number of carbonyl (C=O) groups excluding carboxylic acids is 1. The molecular formula is C14H25N5O. The molecule has 0 aliphatic carbocycles. The Kier molecular flexibility index (Phi) is 5.14. The van der Waals surface area contributed by atoms with E-state index in [2.05, 4.69) is 33.6 Å². The van der Waals surface area contributed by atoms with Gasteiger partial charge in [0.25, 0.3) is 0 Å². The predicted octanol–water partition coefficient (Wildman–Crippen LogP) is 0.503. The van der Waals surface area contributed by atoms with Crippen LogP contribution in [0.25, 0.3) is 0 Å². The molecular weight excluding hydrogens is 254 g/mol. The van der Waals surface area contributed by atoms with Crippen LogP contribution in [0.2, 0.25) is 0 Å². The molecule has 1 aliphatic rings. The van der Waals surface area contributed by atoms with Crippen LogP contribution in [0.15, 0.2) is 12.5 Å². The van der Waals surface area contributed by atoms with E-state index in [9.17, 15) is 4.79 Å². The number of piperidine rings is 1. The monoisotopic (exact) mass is 279 g/mol. The summed E-state index contributed by atoms with van der Waals surface area (Å²) in [6, 6.07) is 0.787. The second kappa shape index (κ2) is 6.85. The summed E-state index contributed by atoms with van der Waals surface area (Å²) in [7, 11) is 0. The van der Waals surface area contributed by atoms with Crippen molar-refractivity contribution in [2.24, 2.45) is 5.73 Å². The molecule has 6 nitrogen and oxygen atoms in total. The number of carbonyl (C=O) groups is 1. The Morgan fingerprint density at radius 1 is 1.55 bits per heavy atom. The largest absolute Gasteiger partial charge is 0.369 e. The van der Waals surface area contributed by atoms with Crippen LogP contribution in [0, 0.1) is 0 Å². The van der Waals surface area contributed by atoms with Gasteiger partial charge in [0.15, 0.2) is 0 Å². The van der Waals surface area contributed by atoms with Gasteiger partial charge < -0.3 is 15.6 Å². The minimum Gasteiger partial charge on any atom is -0.369 e. The van der Waals surface area contributed by atoms with Gasteiger partial charge in [-0.15, -0.1) is 0 Å². The molecule has 0 spiro atoms. The standard InChI is InChI=1S/C14H25N5O/c1-11(2)19-10-17-7-13(19)8-18(9-14(15)20)12-3-5-16-6-4-12/h7,10-12,16H,3-6,8-9H2,1-2H3,(H2,15,20). The van der Waals surface area contributed by atoms with Gasteiger partial charge in [0.05, 0.1) is 18.6 Å². The smallest absolute Gasteiger partial charge is 0.231 e. The van der Waals surface area contributed by atoms with Crippen LogP contribution in [0.3, 0.4) is 0 Å². The molecule has 0 radical (unpaired) electrons. The number of nitrogens with zero attached hydrogens (tertiary/aromatic N) is 3. The van der Waals surface area contributed by atoms with E-state index in [1.165, 1.54) is 0 Å². The summed E-state index contributed by atoms with van der Waals surface area (Å²) in [5, 5.41) is 3.35. The van der Waals surface area contributed by atoms with Gasteiger partial charge in [0.1, 0.15) is 0 Å². The van der Waals surface area contributed by atoms with Crippen LogP contribution in [0.1, 0.15) is 38.4 Å². The highest BCUT2D eigenvalue weighted by Crippen LogP contribution is 2.17. The highest BCUT2D eigenvalue weighted by atomic mass is 16.1. The van der Waals surface area contributed by atoms with E-state index in [-0.39, 0.29) is 5.91 Å². The molecule has 1 saturated heterocycles. The van der Waals surface area contributed by atoms with Gasteiger partial charge >= 0.3 is 0 Å². The van der Waals surface area contributed by atoms with Crippen LogP contribution >= 0.6 is 0 Å². The minimum absolute atomic E-state index is 0.265. The summed E-state index contributed by atoms with van der Waals surface area (Å²) in [5.74, 6) is -0.265. The van der Waals surface area contributed by atoms with Gasteiger partial charge in [-0.25, -0.2) is 4.98 Å². The minimum atomic E-state index is -0.265. The van der Waals surface area contributed by atoms with E-state index in [4.69, 9.17) is 5.73 Å². The molecule has 1 amide bonds. The lowest BCUT2D eigenvalue weighted by Gasteiger charge is -2.34. The number of aromatic nitrogens is 2. The van der Waals surface area contributed by atoms with Crippen LogP contribution in [-0.4, -0.2) is 46.0 Å². The lowest BCUT2D eigenvalue weighted by Crippen LogP contribution is -2.46. The van der Waals surface area contributed by atoms with Crippen LogP contribution in [0.4, 0.5) is 0 Å². The maximum absolute atomic E-state index is 11.3. The molecule has 0 saturated carbocycles. The number of nitrogens with two attached hydrogens (primary N) is 1. The Morgan fingerprint density at radius 2 is 2.25 bits per heavy atom. The zero-order valence-corrected chi connectivity index (χ0v) is 12.4. The normalized spacial score (nSPS) is 17.0. The topological polar surface area (TPSA) is 76.2 Å². The van der Waals surface area contributed by atoms with Crippen molar-refractivity contribution in [2.75, 3.05) is 19.6 Å². The van der Waals surface area contributed by atoms with Gasteiger partial charge in [-0.2, -0.15) is 0 Å². The van der Waals surface area contributed by atoms with E-state index < -0.39 is 0 Å². The molecule has 0 aromatic carbocycles. The number of nitrogens with one attached hydrogen (secondary N) is 1. The lowest BCUT2D eigenvalue weighted by molar-refractivity contribution is -0.120. The SMILES string of the molecule is CC(C)n1cncc1CN(CC(N)=O)C1CCNCC1. The Balaban J connectivity index is 2.10. The first-order valence-corrected chi connectivity index (χ1v) is 7.31. The van der Waals surface area contributed by atoms with Crippen LogP contribution < -0.4 is 11.1 Å². The Morgan fingerprint density at radius 3 is 2.85 bits per heavy atom. The Hall–Kier alpha value is -1.40. The summed E-state index contributed by atoms with van der Waals surface area (Å²) >= 11 is 0. The van der Waals surface area contributed by atoms with Crippen molar-refractivity contribution in [1.82, 2.24) is 19.8 Å². The first kappa shape index (κ1) is 15.0. The van der Waals surface area contributed by atoms with E-state index in [0.29, 0.717) is 18.6 Å². The highest BCUT2D eigenvalue weighted by molar-refractivity contribution is 5.75. The van der Waals surface area contributed by atoms with Crippen molar-refractivity contribution in [3.63, 3.8) is 0 Å². The summed E-state index contributed by atoms with van der Waals surface area (Å²) in [5.41, 5.74) is 6.55. The van der Waals surface area contributed by atoms with Gasteiger partial charge in [0, 0.05) is 24.8 Å². The summed E-state index contributed by atoms with van der Waals surface area (Å²) < 4.78 is 2.15. The van der Waals surface area contributed by atoms with Gasteiger partial charge in [-0.3, -0.25) is 9.69 Å². The fourth-order valence-corrected chi connectivity index (χ4v) is 2.81. The van der Waals surface area contributed by atoms with Crippen molar-refractivity contribution in [3.8, 4) is 0 Å². The maximum atomic E-state index is 11.3. The number of hydrogen-bond acceptors (Lipinski definition) is 4. The molecule has 6 heteroatoms. The Labute approximate surface area is 120 Å². The second-order valence-electron chi connectivity index (χ2n) is 5.74. The van der Waals surface area contributed by atoms with Crippen molar-refractivity contribution in [3.05, 3.63) is 18.2 Å². The second-order valence-corrected chi connectivity index (χ2v) is 5.74. The third-order valence-corrected chi connectivity index (χ3v) is 3.85. The molecule has 2 heterocycles. The molecule has 2 rings (SSSR count). The molecule has 112 valence electrons. The molecule has 1 aromatic rings. The summed E-state index contributed by atoms with van der Waals surface area (Å²) in [6.07, 6.45) is 5.85. The quantitative estimate of drug-likeness (QED) is 0.795. The fraction of sp³-hybridized carbons (Fsp3) is 0.714. The predicted molar refractivity (Wildman–Crippen MR) is 78.1 cm³/mol. The van der Waals surface area contributed by atoms with E-state index in [1.54, 1.807) is 0 Å². The third kappa shape index (κ3) is 3.80. The summed E-state index contributed by atoms with van der Waals surface area (Å²) in [4.78, 5) is 17.8. The zero-order chi connectivity index (χ0) is 14.5. The molecule has 3 N–H and O–H groups in total. The maximum Gasteiger partial charge on any atom is 0.231 e. The fourth-order valence-electron chi connectivity index (χ4n) is 2.81. The number of amides is 1. The van der Waals surface area contributed by atoms with E-state index in [1.807, 2.05) is 12.5 Å². The highest BCUT2D eigenvalue weighted by Gasteiger charge is 2.23. The number of hydrogen-bond donors (Lipinski definition) is 2. The third-order valence-electron chi connectivity index (χ3n) is 3.85. The van der Waals surface area contributed by atoms with E-state index >= 15 is 0 Å². The average molecular weight is 279 g/mol. The van der Waals surface area contributed by atoms with Crippen molar-refractivity contribution < 1.29 is 4.79 Å². The Bertz CT molecular complexity index is 437. The van der Waals surface area contributed by atoms with Crippen molar-refractivity contribution >= 4 is 5.91 Å². The zero-order valence-electron chi connectivity index (χ0n) is 12.4. The first-order valence-electron chi connectivity index (χ1n) is 7.31. The number of imidazole rings is 1. The van der Waals surface area contributed by atoms with Gasteiger partial charge in [0.2, 0.25) is 5.91 Å². The van der Waals surface area contributed by atoms with Crippen LogP contribution in [0.5, 0.6) is 0 Å². The van der Waals surface area contributed by atoms with Crippen molar-refractivity contribution in [1.29, 1.82) is 0 Å². The van der Waals surface area contributed by atoms with Gasteiger partial charge in [-0.05, 0) is 39.8 Å². The van der Waals surface area contributed by atoms with Crippen molar-refractivity contribution in [2.45, 2.75) is 45.3 Å². The summed E-state index contributed by atoms with van der Waals surface area (Å²) in [6.45, 7) is 7.31. The first-order chi connectivity index (χ1) is 9.58. The molecule has 1 aliphatic heterocycles. The average Bonchev–Trinajstić information content (AvgIpc) is 2.87. The van der Waals surface area contributed by atoms with Gasteiger partial charge in [-0.1, -0.05) is 0 Å². The number of primary amides is 1. The lowest BCUT2D eigenvalue weighted by atomic mass is 10.0. The molecule has 0 bridgehead atoms. The molecule has 1 fully saturated rings. The molecule has 20 heavy (non-hydrogen) atoms. The number of rotatable bonds is 6. The molecule has 0 atom stereocenters.